The van der Waals surface area contributed by atoms with Gasteiger partial charge in [0.15, 0.2) is 0 Å². The Morgan fingerprint density at radius 1 is 0.329 bits per heavy atom. The highest BCUT2D eigenvalue weighted by Gasteiger charge is 2.11. The molecule has 0 heterocycles. The average molecular weight is 954 g/mol. The molecule has 0 aliphatic rings. The third kappa shape index (κ3) is 13.6. The van der Waals surface area contributed by atoms with E-state index in [1.165, 1.54) is 5.56 Å². The third-order valence-corrected chi connectivity index (χ3v) is 12.3. The largest absolute Gasteiger partial charge is 0.494 e. The van der Waals surface area contributed by atoms with Crippen molar-refractivity contribution in [2.45, 2.75) is 13.8 Å². The standard InChI is InChI=1S/C68H59NO4/c1-3-70-61-35-27-56(28-36-61)65(52-18-8-4-9-19-52)43-46-71-62-37-29-57(30-38-62)66(53-20-10-5-11-21-53)44-47-72-63-39-31-58(32-40-63)67(54-22-12-6-13-23-54)45-48-73-64-41-33-59(34-42-64)68(55-24-14-7-15-25-55)50-69-60-26-16-17-51(2)49-60/h4-45,49-50,69H,3,46-48H2,1-2H3/b65-43-,66-44-,67-45-,68-50+. The third-order valence-electron chi connectivity index (χ3n) is 12.3. The molecule has 9 aromatic carbocycles. The van der Waals surface area contributed by atoms with Crippen molar-refractivity contribution in [1.82, 2.24) is 0 Å². The Kier molecular flexibility index (Phi) is 16.9. The van der Waals surface area contributed by atoms with E-state index < -0.39 is 0 Å². The number of hydrogen-bond acceptors (Lipinski definition) is 5. The first-order valence-corrected chi connectivity index (χ1v) is 24.8. The summed E-state index contributed by atoms with van der Waals surface area (Å²) in [5, 5.41) is 3.50. The van der Waals surface area contributed by atoms with E-state index in [0.717, 1.165) is 95.5 Å². The van der Waals surface area contributed by atoms with E-state index in [2.05, 4.69) is 207 Å². The van der Waals surface area contributed by atoms with E-state index >= 15 is 0 Å². The van der Waals surface area contributed by atoms with Crippen molar-refractivity contribution in [3.05, 3.63) is 317 Å². The summed E-state index contributed by atoms with van der Waals surface area (Å²) in [4.78, 5) is 0. The molecule has 0 amide bonds. The van der Waals surface area contributed by atoms with Crippen molar-refractivity contribution in [2.24, 2.45) is 0 Å². The lowest BCUT2D eigenvalue weighted by Gasteiger charge is -2.13. The van der Waals surface area contributed by atoms with Crippen LogP contribution in [0.4, 0.5) is 5.69 Å². The molecular weight excluding hydrogens is 895 g/mol. The Morgan fingerprint density at radius 3 is 0.959 bits per heavy atom. The number of hydrogen-bond donors (Lipinski definition) is 1. The molecular formula is C68H59NO4. The number of aryl methyl sites for hydroxylation is 1. The first-order chi connectivity index (χ1) is 36.1. The zero-order chi connectivity index (χ0) is 49.9. The Hall–Kier alpha value is -9.06. The van der Waals surface area contributed by atoms with Crippen LogP contribution in [0.3, 0.4) is 0 Å². The van der Waals surface area contributed by atoms with Crippen molar-refractivity contribution >= 4 is 28.0 Å². The minimum absolute atomic E-state index is 0.389. The Balaban J connectivity index is 0.854. The molecule has 1 N–H and O–H groups in total. The number of benzene rings is 9. The van der Waals surface area contributed by atoms with Crippen molar-refractivity contribution in [3.63, 3.8) is 0 Å². The van der Waals surface area contributed by atoms with E-state index in [1.807, 2.05) is 79.7 Å². The fourth-order valence-corrected chi connectivity index (χ4v) is 8.65. The first-order valence-electron chi connectivity index (χ1n) is 24.8. The summed E-state index contributed by atoms with van der Waals surface area (Å²) in [5.41, 5.74) is 15.4. The molecule has 9 rings (SSSR count). The SMILES string of the molecule is CCOc1ccc(/C(=C\COc2ccc(/C(=C\COc3ccc(/C(=C\COc4ccc(/C(=C/Nc5cccc(C)c5)c5ccccc5)cc4)c4ccccc4)cc3)c3ccccc3)cc2)c2ccccc2)cc1. The smallest absolute Gasteiger partial charge is 0.119 e. The minimum Gasteiger partial charge on any atom is -0.494 e. The van der Waals surface area contributed by atoms with Gasteiger partial charge in [-0.25, -0.2) is 0 Å². The van der Waals surface area contributed by atoms with Gasteiger partial charge in [0.2, 0.25) is 0 Å². The highest BCUT2D eigenvalue weighted by atomic mass is 16.5. The molecule has 0 radical (unpaired) electrons. The van der Waals surface area contributed by atoms with E-state index in [4.69, 9.17) is 18.9 Å². The monoisotopic (exact) mass is 953 g/mol. The lowest BCUT2D eigenvalue weighted by molar-refractivity contribution is 0.340. The summed E-state index contributed by atoms with van der Waals surface area (Å²) >= 11 is 0. The summed E-state index contributed by atoms with van der Waals surface area (Å²) in [7, 11) is 0. The summed E-state index contributed by atoms with van der Waals surface area (Å²) < 4.78 is 24.7. The normalized spacial score (nSPS) is 12.0. The van der Waals surface area contributed by atoms with Crippen LogP contribution in [0.1, 0.15) is 57.0 Å². The molecule has 360 valence electrons. The zero-order valence-electron chi connectivity index (χ0n) is 41.4. The van der Waals surface area contributed by atoms with Gasteiger partial charge < -0.3 is 24.3 Å². The van der Waals surface area contributed by atoms with Gasteiger partial charge in [-0.2, -0.15) is 0 Å². The van der Waals surface area contributed by atoms with Gasteiger partial charge in [-0.05, 0) is 160 Å². The van der Waals surface area contributed by atoms with E-state index in [9.17, 15) is 0 Å². The van der Waals surface area contributed by atoms with Crippen LogP contribution in [0.15, 0.2) is 267 Å². The molecule has 9 aromatic rings. The van der Waals surface area contributed by atoms with E-state index in [-0.39, 0.29) is 0 Å². The Labute approximate surface area is 430 Å². The van der Waals surface area contributed by atoms with Crippen LogP contribution in [0.5, 0.6) is 23.0 Å². The summed E-state index contributed by atoms with van der Waals surface area (Å²) in [6, 6.07) is 83.2. The fraction of sp³-hybridized carbons (Fsp3) is 0.0882. The molecule has 73 heavy (non-hydrogen) atoms. The highest BCUT2D eigenvalue weighted by molar-refractivity contribution is 5.83. The molecule has 0 spiro atoms. The van der Waals surface area contributed by atoms with Crippen LogP contribution in [0, 0.1) is 6.92 Å². The van der Waals surface area contributed by atoms with Gasteiger partial charge in [-0.1, -0.05) is 182 Å². The topological polar surface area (TPSA) is 49.0 Å². The molecule has 0 atom stereocenters. The van der Waals surface area contributed by atoms with Crippen LogP contribution < -0.4 is 24.3 Å². The van der Waals surface area contributed by atoms with Crippen LogP contribution in [-0.2, 0) is 0 Å². The first kappa shape index (κ1) is 48.9. The Morgan fingerprint density at radius 2 is 0.630 bits per heavy atom. The van der Waals surface area contributed by atoms with E-state index in [0.29, 0.717) is 26.4 Å². The maximum absolute atomic E-state index is 6.38. The lowest BCUT2D eigenvalue weighted by atomic mass is 9.97. The zero-order valence-corrected chi connectivity index (χ0v) is 41.4. The number of ether oxygens (including phenoxy) is 4. The van der Waals surface area contributed by atoms with Crippen LogP contribution in [0.2, 0.25) is 0 Å². The molecule has 0 bridgehead atoms. The van der Waals surface area contributed by atoms with Gasteiger partial charge in [0.05, 0.1) is 6.61 Å². The van der Waals surface area contributed by atoms with Gasteiger partial charge in [-0.3, -0.25) is 0 Å². The molecule has 0 aliphatic carbocycles. The second-order valence-electron chi connectivity index (χ2n) is 17.4. The average Bonchev–Trinajstić information content (AvgIpc) is 3.45. The quantitative estimate of drug-likeness (QED) is 0.0778. The van der Waals surface area contributed by atoms with Crippen LogP contribution >= 0.6 is 0 Å². The maximum atomic E-state index is 6.38. The molecule has 0 aromatic heterocycles. The number of rotatable bonds is 21. The summed E-state index contributed by atoms with van der Waals surface area (Å²) in [6.45, 7) is 5.93. The fourth-order valence-electron chi connectivity index (χ4n) is 8.65. The van der Waals surface area contributed by atoms with Gasteiger partial charge in [0.25, 0.3) is 0 Å². The van der Waals surface area contributed by atoms with Crippen molar-refractivity contribution in [1.29, 1.82) is 0 Å². The maximum Gasteiger partial charge on any atom is 0.119 e. The minimum atomic E-state index is 0.389. The molecule has 5 heteroatoms. The molecule has 0 fully saturated rings. The predicted octanol–water partition coefficient (Wildman–Crippen LogP) is 16.4. The molecule has 0 unspecified atom stereocenters. The van der Waals surface area contributed by atoms with Crippen LogP contribution in [0.25, 0.3) is 22.3 Å². The predicted molar refractivity (Wildman–Crippen MR) is 302 cm³/mol. The van der Waals surface area contributed by atoms with Gasteiger partial charge >= 0.3 is 0 Å². The van der Waals surface area contributed by atoms with Crippen molar-refractivity contribution in [2.75, 3.05) is 31.7 Å². The second kappa shape index (κ2) is 25.2. The number of nitrogens with one attached hydrogen (secondary N) is 1. The van der Waals surface area contributed by atoms with E-state index in [1.54, 1.807) is 0 Å². The second-order valence-corrected chi connectivity index (χ2v) is 17.4. The van der Waals surface area contributed by atoms with Gasteiger partial charge in [0, 0.05) is 17.5 Å². The van der Waals surface area contributed by atoms with Gasteiger partial charge in [-0.15, -0.1) is 0 Å². The summed E-state index contributed by atoms with van der Waals surface area (Å²) in [5.74, 6) is 3.23. The van der Waals surface area contributed by atoms with Gasteiger partial charge in [0.1, 0.15) is 42.8 Å². The highest BCUT2D eigenvalue weighted by Crippen LogP contribution is 2.31. The van der Waals surface area contributed by atoms with Crippen molar-refractivity contribution < 1.29 is 18.9 Å². The lowest BCUT2D eigenvalue weighted by Crippen LogP contribution is -1.99. The molecule has 0 aliphatic heterocycles. The Bertz CT molecular complexity index is 3250. The van der Waals surface area contributed by atoms with Crippen LogP contribution in [-0.4, -0.2) is 26.4 Å². The molecule has 0 saturated carbocycles. The number of anilines is 1. The summed E-state index contributed by atoms with van der Waals surface area (Å²) in [6.07, 6.45) is 8.51. The molecule has 5 nitrogen and oxygen atoms in total. The molecule has 0 saturated heterocycles. The van der Waals surface area contributed by atoms with Crippen molar-refractivity contribution in [3.8, 4) is 23.0 Å².